The Morgan fingerprint density at radius 1 is 0.971 bits per heavy atom. The van der Waals surface area contributed by atoms with E-state index in [-0.39, 0.29) is 36.7 Å². The molecule has 1 aliphatic rings. The highest BCUT2D eigenvalue weighted by Gasteiger charge is 2.30. The number of carboxylic acid groups (broad SMARTS) is 1. The largest absolute Gasteiger partial charge is 0.481 e. The maximum absolute atomic E-state index is 12.8. The average molecular weight is 481 g/mol. The first kappa shape index (κ1) is 26.3. The molecule has 2 aromatic carbocycles. The van der Waals surface area contributed by atoms with Crippen LogP contribution in [0.5, 0.6) is 0 Å². The second-order valence-corrected chi connectivity index (χ2v) is 9.55. The van der Waals surface area contributed by atoms with Gasteiger partial charge >= 0.3 is 12.1 Å². The van der Waals surface area contributed by atoms with Gasteiger partial charge in [0, 0.05) is 18.9 Å². The highest BCUT2D eigenvalue weighted by molar-refractivity contribution is 5.85. The number of aliphatic carboxylic acids is 1. The first-order valence-corrected chi connectivity index (χ1v) is 12.4. The summed E-state index contributed by atoms with van der Waals surface area (Å²) in [6.45, 7) is 6.46. The van der Waals surface area contributed by atoms with Gasteiger partial charge < -0.3 is 20.5 Å². The second-order valence-electron chi connectivity index (χ2n) is 9.55. The van der Waals surface area contributed by atoms with E-state index in [1.807, 2.05) is 45.0 Å². The Labute approximate surface area is 207 Å². The van der Waals surface area contributed by atoms with E-state index in [0.717, 1.165) is 28.7 Å². The standard InChI is InChI=1S/C28H36N2O5/c1-4-18(2)15-25(27(33)29-14-13-19(3)16-26(31)32)30-28(34)35-17-24-22-11-7-5-9-20(22)21-10-6-8-12-23(21)24/h5-12,18-19,24-25H,4,13-17H2,1-3H3,(H,29,33)(H,30,34)(H,31,32). The number of benzene rings is 2. The molecule has 2 amide bonds. The topological polar surface area (TPSA) is 105 Å². The summed E-state index contributed by atoms with van der Waals surface area (Å²) in [6.07, 6.45) is 1.38. The molecule has 35 heavy (non-hydrogen) atoms. The van der Waals surface area contributed by atoms with Gasteiger partial charge in [-0.25, -0.2) is 4.79 Å². The van der Waals surface area contributed by atoms with Gasteiger partial charge in [0.1, 0.15) is 12.6 Å². The van der Waals surface area contributed by atoms with Crippen molar-refractivity contribution >= 4 is 18.0 Å². The molecule has 0 bridgehead atoms. The first-order chi connectivity index (χ1) is 16.8. The van der Waals surface area contributed by atoms with Crippen LogP contribution in [0.3, 0.4) is 0 Å². The summed E-state index contributed by atoms with van der Waals surface area (Å²) in [4.78, 5) is 36.4. The molecule has 3 rings (SSSR count). The molecule has 3 atom stereocenters. The maximum atomic E-state index is 12.8. The number of rotatable bonds is 12. The summed E-state index contributed by atoms with van der Waals surface area (Å²) < 4.78 is 5.63. The molecule has 0 spiro atoms. The van der Waals surface area contributed by atoms with Gasteiger partial charge in [-0.3, -0.25) is 9.59 Å². The van der Waals surface area contributed by atoms with Crippen molar-refractivity contribution < 1.29 is 24.2 Å². The number of carboxylic acids is 1. The smallest absolute Gasteiger partial charge is 0.407 e. The molecule has 3 unspecified atom stereocenters. The van der Waals surface area contributed by atoms with Gasteiger partial charge in [0.15, 0.2) is 0 Å². The average Bonchev–Trinajstić information content (AvgIpc) is 3.15. The summed E-state index contributed by atoms with van der Waals surface area (Å²) in [7, 11) is 0. The number of nitrogens with one attached hydrogen (secondary N) is 2. The second kappa shape index (κ2) is 12.4. The van der Waals surface area contributed by atoms with Crippen molar-refractivity contribution in [3.05, 3.63) is 59.7 Å². The van der Waals surface area contributed by atoms with Crippen LogP contribution in [0.1, 0.15) is 63.5 Å². The number of amides is 2. The van der Waals surface area contributed by atoms with E-state index in [4.69, 9.17) is 9.84 Å². The van der Waals surface area contributed by atoms with Gasteiger partial charge in [-0.05, 0) is 46.9 Å². The van der Waals surface area contributed by atoms with Crippen LogP contribution in [-0.2, 0) is 14.3 Å². The van der Waals surface area contributed by atoms with Crippen molar-refractivity contribution in [1.82, 2.24) is 10.6 Å². The number of hydrogen-bond donors (Lipinski definition) is 3. The molecule has 0 saturated carbocycles. The molecule has 0 aromatic heterocycles. The van der Waals surface area contributed by atoms with Crippen molar-refractivity contribution in [2.45, 2.75) is 58.4 Å². The molecular weight excluding hydrogens is 444 g/mol. The van der Waals surface area contributed by atoms with E-state index in [0.29, 0.717) is 19.4 Å². The Kier molecular flexibility index (Phi) is 9.29. The van der Waals surface area contributed by atoms with Gasteiger partial charge in [-0.2, -0.15) is 0 Å². The number of carbonyl (C=O) groups is 3. The lowest BCUT2D eigenvalue weighted by Gasteiger charge is -2.22. The Balaban J connectivity index is 1.59. The monoisotopic (exact) mass is 480 g/mol. The summed E-state index contributed by atoms with van der Waals surface area (Å²) in [6, 6.07) is 15.6. The molecule has 2 aromatic rings. The predicted octanol–water partition coefficient (Wildman–Crippen LogP) is 4.95. The van der Waals surface area contributed by atoms with Crippen molar-refractivity contribution in [2.24, 2.45) is 11.8 Å². The quantitative estimate of drug-likeness (QED) is 0.399. The lowest BCUT2D eigenvalue weighted by molar-refractivity contribution is -0.138. The molecule has 0 heterocycles. The molecule has 7 heteroatoms. The zero-order valence-corrected chi connectivity index (χ0v) is 20.8. The van der Waals surface area contributed by atoms with E-state index in [2.05, 4.69) is 34.9 Å². The van der Waals surface area contributed by atoms with Gasteiger partial charge in [0.25, 0.3) is 0 Å². The number of hydrogen-bond acceptors (Lipinski definition) is 4. The van der Waals surface area contributed by atoms with E-state index in [1.54, 1.807) is 0 Å². The van der Waals surface area contributed by atoms with E-state index in [1.165, 1.54) is 0 Å². The lowest BCUT2D eigenvalue weighted by atomic mass is 9.98. The molecule has 0 aliphatic heterocycles. The van der Waals surface area contributed by atoms with Crippen LogP contribution in [0.2, 0.25) is 0 Å². The summed E-state index contributed by atoms with van der Waals surface area (Å²) in [5.41, 5.74) is 4.57. The number of carbonyl (C=O) groups excluding carboxylic acids is 2. The maximum Gasteiger partial charge on any atom is 0.407 e. The Morgan fingerprint density at radius 2 is 1.57 bits per heavy atom. The van der Waals surface area contributed by atoms with Crippen LogP contribution < -0.4 is 10.6 Å². The highest BCUT2D eigenvalue weighted by atomic mass is 16.5. The van der Waals surface area contributed by atoms with Crippen LogP contribution in [0, 0.1) is 11.8 Å². The van der Waals surface area contributed by atoms with Crippen LogP contribution >= 0.6 is 0 Å². The molecular formula is C28H36N2O5. The van der Waals surface area contributed by atoms with Gasteiger partial charge in [0.2, 0.25) is 5.91 Å². The summed E-state index contributed by atoms with van der Waals surface area (Å²) in [5.74, 6) is -0.982. The van der Waals surface area contributed by atoms with E-state index >= 15 is 0 Å². The molecule has 0 radical (unpaired) electrons. The Bertz CT molecular complexity index is 992. The van der Waals surface area contributed by atoms with Crippen LogP contribution in [-0.4, -0.2) is 42.3 Å². The number of fused-ring (bicyclic) bond motifs is 3. The Hall–Kier alpha value is -3.35. The van der Waals surface area contributed by atoms with Crippen LogP contribution in [0.15, 0.2) is 48.5 Å². The van der Waals surface area contributed by atoms with Gasteiger partial charge in [-0.1, -0.05) is 75.7 Å². The SMILES string of the molecule is CCC(C)CC(NC(=O)OCC1c2ccccc2-c2ccccc21)C(=O)NCCC(C)CC(=O)O. The predicted molar refractivity (Wildman–Crippen MR) is 135 cm³/mol. The molecule has 3 N–H and O–H groups in total. The van der Waals surface area contributed by atoms with E-state index in [9.17, 15) is 14.4 Å². The van der Waals surface area contributed by atoms with Crippen molar-refractivity contribution in [1.29, 1.82) is 0 Å². The lowest BCUT2D eigenvalue weighted by Crippen LogP contribution is -2.48. The minimum absolute atomic E-state index is 0.0455. The molecule has 7 nitrogen and oxygen atoms in total. The first-order valence-electron chi connectivity index (χ1n) is 12.4. The molecule has 0 fully saturated rings. The van der Waals surface area contributed by atoms with Crippen molar-refractivity contribution in [3.63, 3.8) is 0 Å². The van der Waals surface area contributed by atoms with E-state index < -0.39 is 18.1 Å². The highest BCUT2D eigenvalue weighted by Crippen LogP contribution is 2.44. The molecule has 1 aliphatic carbocycles. The summed E-state index contributed by atoms with van der Waals surface area (Å²) in [5, 5.41) is 14.5. The third-order valence-electron chi connectivity index (χ3n) is 6.75. The molecule has 188 valence electrons. The fourth-order valence-electron chi connectivity index (χ4n) is 4.55. The zero-order chi connectivity index (χ0) is 25.4. The van der Waals surface area contributed by atoms with Crippen molar-refractivity contribution in [3.8, 4) is 11.1 Å². The zero-order valence-electron chi connectivity index (χ0n) is 20.8. The Morgan fingerprint density at radius 3 is 2.14 bits per heavy atom. The molecule has 0 saturated heterocycles. The third kappa shape index (κ3) is 7.07. The normalized spacial score (nSPS) is 14.8. The van der Waals surface area contributed by atoms with Gasteiger partial charge in [-0.15, -0.1) is 0 Å². The summed E-state index contributed by atoms with van der Waals surface area (Å²) >= 11 is 0. The van der Waals surface area contributed by atoms with Gasteiger partial charge in [0.05, 0.1) is 0 Å². The minimum atomic E-state index is -0.851. The number of ether oxygens (including phenoxy) is 1. The van der Waals surface area contributed by atoms with Crippen molar-refractivity contribution in [2.75, 3.05) is 13.2 Å². The third-order valence-corrected chi connectivity index (χ3v) is 6.75. The number of alkyl carbamates (subject to hydrolysis) is 1. The van der Waals surface area contributed by atoms with Crippen LogP contribution in [0.4, 0.5) is 4.79 Å². The fraction of sp³-hybridized carbons (Fsp3) is 0.464. The fourth-order valence-corrected chi connectivity index (χ4v) is 4.55. The van der Waals surface area contributed by atoms with Crippen LogP contribution in [0.25, 0.3) is 11.1 Å². The minimum Gasteiger partial charge on any atom is -0.481 e.